The molecule has 0 saturated carbocycles. The smallest absolute Gasteiger partial charge is 0.342 e. The molecule has 0 unspecified atom stereocenters. The third-order valence-electron chi connectivity index (χ3n) is 3.14. The fourth-order valence-electron chi connectivity index (χ4n) is 2.19. The number of aromatic nitrogens is 2. The number of aryl methyl sites for hydroxylation is 2. The van der Waals surface area contributed by atoms with Crippen LogP contribution < -0.4 is 5.32 Å². The summed E-state index contributed by atoms with van der Waals surface area (Å²) in [5.74, 6) is -1.14. The molecule has 0 aliphatic heterocycles. The van der Waals surface area contributed by atoms with Gasteiger partial charge in [-0.05, 0) is 19.3 Å². The van der Waals surface area contributed by atoms with Crippen molar-refractivity contribution < 1.29 is 14.8 Å². The number of anilines is 2. The summed E-state index contributed by atoms with van der Waals surface area (Å²) in [5, 5.41) is 23.3. The average molecular weight is 306 g/mol. The number of nitrogens with one attached hydrogen (secondary N) is 1. The molecule has 1 aliphatic carbocycles. The normalized spacial score (nSPS) is 13.0. The molecule has 2 N–H and O–H groups in total. The van der Waals surface area contributed by atoms with Crippen molar-refractivity contribution in [3.05, 3.63) is 38.5 Å². The quantitative estimate of drug-likeness (QED) is 0.657. The van der Waals surface area contributed by atoms with Gasteiger partial charge in [-0.25, -0.2) is 14.8 Å². The van der Waals surface area contributed by atoms with Gasteiger partial charge in [0, 0.05) is 10.9 Å². The van der Waals surface area contributed by atoms with Crippen LogP contribution in [-0.2, 0) is 12.8 Å². The van der Waals surface area contributed by atoms with Crippen LogP contribution in [0.25, 0.3) is 0 Å². The van der Waals surface area contributed by atoms with E-state index < -0.39 is 22.1 Å². The number of carboxylic acids is 1. The maximum Gasteiger partial charge on any atom is 0.342 e. The minimum atomic E-state index is -1.37. The lowest BCUT2D eigenvalue weighted by molar-refractivity contribution is -0.385. The molecule has 108 valence electrons. The second-order valence-corrected chi connectivity index (χ2v) is 5.60. The van der Waals surface area contributed by atoms with Gasteiger partial charge in [-0.3, -0.25) is 10.1 Å². The van der Waals surface area contributed by atoms with Gasteiger partial charge in [-0.1, -0.05) is 0 Å². The Balaban J connectivity index is 1.90. The molecular weight excluding hydrogens is 296 g/mol. The number of hydrogen-bond donors (Lipinski definition) is 2. The maximum atomic E-state index is 11.1. The highest BCUT2D eigenvalue weighted by Crippen LogP contribution is 2.32. The molecule has 0 amide bonds. The summed E-state index contributed by atoms with van der Waals surface area (Å²) in [6.45, 7) is 0. The van der Waals surface area contributed by atoms with Gasteiger partial charge in [-0.15, -0.1) is 11.3 Å². The van der Waals surface area contributed by atoms with Crippen molar-refractivity contribution in [1.29, 1.82) is 0 Å². The van der Waals surface area contributed by atoms with E-state index in [1.165, 1.54) is 16.2 Å². The van der Waals surface area contributed by atoms with E-state index in [1.54, 1.807) is 0 Å². The number of nitrogens with zero attached hydrogens (tertiary/aromatic N) is 3. The van der Waals surface area contributed by atoms with Crippen molar-refractivity contribution in [2.24, 2.45) is 0 Å². The van der Waals surface area contributed by atoms with E-state index in [-0.39, 0.29) is 5.82 Å². The van der Waals surface area contributed by atoms with Crippen LogP contribution in [0.5, 0.6) is 0 Å². The monoisotopic (exact) mass is 306 g/mol. The van der Waals surface area contributed by atoms with Gasteiger partial charge in [0.15, 0.2) is 5.13 Å². The molecule has 0 spiro atoms. The predicted octanol–water partition coefficient (Wildman–Crippen LogP) is 2.38. The Morgan fingerprint density at radius 2 is 2.29 bits per heavy atom. The molecule has 9 heteroatoms. The van der Waals surface area contributed by atoms with Crippen molar-refractivity contribution in [2.75, 3.05) is 5.32 Å². The first-order valence-corrected chi connectivity index (χ1v) is 6.99. The van der Waals surface area contributed by atoms with Crippen molar-refractivity contribution in [1.82, 2.24) is 9.97 Å². The molecule has 8 nitrogen and oxygen atoms in total. The SMILES string of the molecule is O=C(O)c1cc(Nc2nc3c(s2)CCC3)ncc1[N+](=O)[O-]. The number of carbonyl (C=O) groups is 1. The highest BCUT2D eigenvalue weighted by molar-refractivity contribution is 7.15. The summed E-state index contributed by atoms with van der Waals surface area (Å²) in [4.78, 5) is 30.6. The Bertz CT molecular complexity index is 721. The van der Waals surface area contributed by atoms with Gasteiger partial charge in [0.05, 0.1) is 10.6 Å². The third kappa shape index (κ3) is 2.55. The van der Waals surface area contributed by atoms with Crippen LogP contribution in [0, 0.1) is 10.1 Å². The highest BCUT2D eigenvalue weighted by atomic mass is 32.1. The first-order valence-electron chi connectivity index (χ1n) is 6.18. The van der Waals surface area contributed by atoms with Crippen LogP contribution in [0.2, 0.25) is 0 Å². The summed E-state index contributed by atoms with van der Waals surface area (Å²) < 4.78 is 0. The van der Waals surface area contributed by atoms with Crippen molar-refractivity contribution in [3.8, 4) is 0 Å². The average Bonchev–Trinajstić information content (AvgIpc) is 2.99. The Morgan fingerprint density at radius 3 is 2.95 bits per heavy atom. The van der Waals surface area contributed by atoms with Crippen molar-refractivity contribution in [2.45, 2.75) is 19.3 Å². The number of hydrogen-bond acceptors (Lipinski definition) is 7. The van der Waals surface area contributed by atoms with E-state index in [4.69, 9.17) is 5.11 Å². The summed E-state index contributed by atoms with van der Waals surface area (Å²) in [6.07, 6.45) is 3.99. The minimum absolute atomic E-state index is 0.227. The minimum Gasteiger partial charge on any atom is -0.477 e. The molecule has 0 fully saturated rings. The van der Waals surface area contributed by atoms with E-state index in [0.717, 1.165) is 37.2 Å². The lowest BCUT2D eigenvalue weighted by atomic mass is 10.2. The number of thiazole rings is 1. The standard InChI is InChI=1S/C12H10N4O4S/c17-11(18)6-4-10(13-5-8(6)16(19)20)15-12-14-7-2-1-3-9(7)21-12/h4-5H,1-3H2,(H,17,18)(H,13,14,15). The van der Waals surface area contributed by atoms with Gasteiger partial charge in [-0.2, -0.15) is 0 Å². The zero-order valence-corrected chi connectivity index (χ0v) is 11.5. The summed E-state index contributed by atoms with van der Waals surface area (Å²) in [5.41, 5.74) is 0.124. The lowest BCUT2D eigenvalue weighted by Crippen LogP contribution is -2.05. The van der Waals surface area contributed by atoms with Crippen molar-refractivity contribution >= 4 is 33.9 Å². The van der Waals surface area contributed by atoms with Crippen LogP contribution in [-0.4, -0.2) is 26.0 Å². The second-order valence-electron chi connectivity index (χ2n) is 4.52. The molecule has 2 aromatic heterocycles. The molecule has 0 saturated heterocycles. The van der Waals surface area contributed by atoms with Gasteiger partial charge in [0.25, 0.3) is 0 Å². The fourth-order valence-corrected chi connectivity index (χ4v) is 3.24. The van der Waals surface area contributed by atoms with Gasteiger partial charge in [0.1, 0.15) is 17.6 Å². The van der Waals surface area contributed by atoms with Crippen LogP contribution in [0.4, 0.5) is 16.6 Å². The van der Waals surface area contributed by atoms with Crippen LogP contribution in [0.3, 0.4) is 0 Å². The summed E-state index contributed by atoms with van der Waals surface area (Å²) in [7, 11) is 0. The first-order chi connectivity index (χ1) is 10.0. The number of nitro groups is 1. The number of pyridine rings is 1. The number of carboxylic acid groups (broad SMARTS) is 1. The van der Waals surface area contributed by atoms with E-state index >= 15 is 0 Å². The largest absolute Gasteiger partial charge is 0.477 e. The molecule has 3 rings (SSSR count). The molecule has 21 heavy (non-hydrogen) atoms. The zero-order valence-electron chi connectivity index (χ0n) is 10.7. The number of rotatable bonds is 4. The summed E-state index contributed by atoms with van der Waals surface area (Å²) in [6, 6.07) is 1.15. The topological polar surface area (TPSA) is 118 Å². The van der Waals surface area contributed by atoms with Gasteiger partial charge >= 0.3 is 11.7 Å². The maximum absolute atomic E-state index is 11.1. The number of aromatic carboxylic acids is 1. The molecular formula is C12H10N4O4S. The summed E-state index contributed by atoms with van der Waals surface area (Å²) >= 11 is 1.50. The fraction of sp³-hybridized carbons (Fsp3) is 0.250. The second kappa shape index (κ2) is 5.09. The lowest BCUT2D eigenvalue weighted by Gasteiger charge is -2.03. The zero-order chi connectivity index (χ0) is 15.0. The first kappa shape index (κ1) is 13.4. The molecule has 2 aromatic rings. The Hall–Kier alpha value is -2.55. The third-order valence-corrected chi connectivity index (χ3v) is 4.21. The van der Waals surface area contributed by atoms with Gasteiger partial charge in [0.2, 0.25) is 0 Å². The van der Waals surface area contributed by atoms with E-state index in [0.29, 0.717) is 5.13 Å². The molecule has 0 radical (unpaired) electrons. The predicted molar refractivity (Wildman–Crippen MR) is 75.3 cm³/mol. The van der Waals surface area contributed by atoms with E-state index in [1.807, 2.05) is 0 Å². The van der Waals surface area contributed by atoms with Gasteiger partial charge < -0.3 is 10.4 Å². The van der Waals surface area contributed by atoms with Crippen LogP contribution >= 0.6 is 11.3 Å². The van der Waals surface area contributed by atoms with Crippen molar-refractivity contribution in [3.63, 3.8) is 0 Å². The molecule has 1 aliphatic rings. The Morgan fingerprint density at radius 1 is 1.48 bits per heavy atom. The molecule has 0 atom stereocenters. The Labute approximate surface area is 122 Å². The van der Waals surface area contributed by atoms with Crippen LogP contribution in [0.15, 0.2) is 12.3 Å². The van der Waals surface area contributed by atoms with E-state index in [2.05, 4.69) is 15.3 Å². The molecule has 0 aromatic carbocycles. The Kier molecular flexibility index (Phi) is 3.26. The highest BCUT2D eigenvalue weighted by Gasteiger charge is 2.22. The molecule has 0 bridgehead atoms. The molecule has 2 heterocycles. The van der Waals surface area contributed by atoms with Crippen LogP contribution in [0.1, 0.15) is 27.3 Å². The van der Waals surface area contributed by atoms with E-state index in [9.17, 15) is 14.9 Å². The number of fused-ring (bicyclic) bond motifs is 1.